The van der Waals surface area contributed by atoms with Crippen molar-refractivity contribution in [3.8, 4) is 62.1 Å². The predicted octanol–water partition coefficient (Wildman–Crippen LogP) is 17.0. The van der Waals surface area contributed by atoms with E-state index in [9.17, 15) is 45.2 Å². The van der Waals surface area contributed by atoms with Gasteiger partial charge in [-0.1, -0.05) is 335 Å². The first kappa shape index (κ1) is 31.8. The van der Waals surface area contributed by atoms with Crippen molar-refractivity contribution in [2.75, 3.05) is 0 Å². The number of nitrogens with zero attached hydrogens (tertiary/aromatic N) is 4. The van der Waals surface area contributed by atoms with Crippen LogP contribution in [-0.2, 0) is 26.5 Å². The van der Waals surface area contributed by atoms with E-state index in [4.69, 9.17) is 23.9 Å². The molecule has 498 valence electrons. The minimum Gasteiger partial charge on any atom is -0.510 e. The molecule has 0 amide bonds. The van der Waals surface area contributed by atoms with E-state index < -0.39 is 375 Å². The molecule has 5 nitrogen and oxygen atoms in total. The van der Waals surface area contributed by atoms with E-state index >= 15 is 0 Å². The second-order valence-corrected chi connectivity index (χ2v) is 31.0. The summed E-state index contributed by atoms with van der Waals surface area (Å²) in [5.74, 6) is -0.544. The molecule has 0 atom stereocenters. The van der Waals surface area contributed by atoms with Gasteiger partial charge < -0.3 is 13.9 Å². The zero-order chi connectivity index (χ0) is 110. The summed E-state index contributed by atoms with van der Waals surface area (Å²) < 4.78 is 463. The summed E-state index contributed by atoms with van der Waals surface area (Å²) in [6.45, 7) is 1.36. The van der Waals surface area contributed by atoms with Gasteiger partial charge in [0, 0.05) is 54.0 Å². The van der Waals surface area contributed by atoms with E-state index in [0.29, 0.717) is 16.3 Å². The van der Waals surface area contributed by atoms with Crippen molar-refractivity contribution in [2.24, 2.45) is 0 Å². The minimum absolute atomic E-state index is 0. The van der Waals surface area contributed by atoms with Crippen molar-refractivity contribution in [2.45, 2.75) is 33.0 Å². The predicted molar refractivity (Wildman–Crippen MR) is 427 cm³/mol. The topological polar surface area (TPSA) is 35.9 Å². The van der Waals surface area contributed by atoms with Crippen molar-refractivity contribution < 1.29 is 94.8 Å². The molecule has 103 heavy (non-hydrogen) atoms. The molecule has 3 aromatic heterocycles. The number of aromatic nitrogens is 4. The molecule has 17 rings (SSSR count). The maximum atomic E-state index is 11.6. The van der Waals surface area contributed by atoms with E-state index in [2.05, 4.69) is 23.4 Å². The fourth-order valence-corrected chi connectivity index (χ4v) is 20.3. The van der Waals surface area contributed by atoms with Crippen LogP contribution < -0.4 is 50.8 Å². The Kier molecular flexibility index (Phi) is 8.56. The molecule has 0 aliphatic heterocycles. The van der Waals surface area contributed by atoms with E-state index in [1.165, 1.54) is 67.8 Å². The van der Waals surface area contributed by atoms with Crippen molar-refractivity contribution >= 4 is 90.5 Å². The first-order valence-electron chi connectivity index (χ1n) is 54.6. The Morgan fingerprint density at radius 2 is 0.971 bits per heavy atom. The van der Waals surface area contributed by atoms with Crippen molar-refractivity contribution in [1.29, 1.82) is 0 Å². The van der Waals surface area contributed by atoms with Gasteiger partial charge in [0.2, 0.25) is 0 Å². The van der Waals surface area contributed by atoms with E-state index in [1.54, 1.807) is 30.3 Å². The Morgan fingerprint density at radius 3 is 1.54 bits per heavy atom. The largest absolute Gasteiger partial charge is 0.510 e. The van der Waals surface area contributed by atoms with Crippen LogP contribution in [0.25, 0.3) is 83.4 Å². The fraction of sp³-hybridized carbons (Fsp3) is 0.0526. The first-order valence-corrected chi connectivity index (χ1v) is 35.1. The van der Waals surface area contributed by atoms with Gasteiger partial charge in [-0.2, -0.15) is 18.2 Å². The van der Waals surface area contributed by atoms with Crippen LogP contribution in [-0.4, -0.2) is 30.3 Å². The average Bonchev–Trinajstić information content (AvgIpc) is 0.691. The molecule has 14 aromatic carbocycles. The van der Waals surface area contributed by atoms with Gasteiger partial charge in [0.1, 0.15) is 5.82 Å². The SMILES string of the molecule is [2H]c1c([2H])c([2H])c(-c2ccc3c(c2)n(-c2[c-]c(Oc4[c-]c5c(cc4)c4ccccc4n5-c4cc(C([2H])([2H])[2H])c(-c5c([2H])c([2H])c([2H])c([2H])c5[2H])cn4)ccc2)[c-][n+]3-c2c(-c3c([2H])c([2H])c([2H])c([Si](c4c([2H])c([2H])c([2H])c([2H])c4[2H])(c4c([2H])c([2H])c([2H])c([2H])c4[2H])c4c([2H])c([2H])c([2H])c([2H])c4[2H])c3[2H])cc(C(C)(C)C)cc2[Si](c2c([2H])c([2H])c([2H])c([2H])c2[2H])(c2c([2H])c([2H])c([2H])c([2H])c2[2H])c2c([2H])c([2H])c([2H])c([2H])c2[2H])c([2H])c1[2H].[Pt]. The van der Waals surface area contributed by atoms with Crippen molar-refractivity contribution in [3.05, 3.63) is 393 Å². The third-order valence-electron chi connectivity index (χ3n) is 17.2. The Hall–Kier alpha value is -11.6. The Morgan fingerprint density at radius 1 is 0.447 bits per heavy atom. The normalized spacial score (nSPS) is 18.3. The van der Waals surface area contributed by atoms with Crippen LogP contribution in [0.15, 0.2) is 363 Å². The molecule has 0 radical (unpaired) electrons. The molecule has 0 N–H and O–H groups in total. The molecule has 3 heterocycles. The molecule has 17 aromatic rings. The number of hydrogen-bond donors (Lipinski definition) is 0. The van der Waals surface area contributed by atoms with Crippen molar-refractivity contribution in [3.63, 3.8) is 0 Å². The number of pyridine rings is 1. The number of aryl methyl sites for hydroxylation is 1. The second kappa shape index (κ2) is 27.7. The molecule has 0 saturated heterocycles. The Labute approximate surface area is 685 Å². The molecular weight excluding hydrogens is 1460 g/mol. The van der Waals surface area contributed by atoms with Gasteiger partial charge in [-0.3, -0.25) is 4.57 Å². The molecule has 0 aliphatic rings. The van der Waals surface area contributed by atoms with Gasteiger partial charge in [0.25, 0.3) is 6.33 Å². The van der Waals surface area contributed by atoms with Crippen LogP contribution >= 0.6 is 0 Å². The molecule has 0 unspecified atom stereocenters. The maximum Gasteiger partial charge on any atom is 0.268 e. The number of imidazole rings is 1. The first-order chi connectivity index (χ1) is 69.6. The van der Waals surface area contributed by atoms with Crippen LogP contribution in [0.5, 0.6) is 11.5 Å². The van der Waals surface area contributed by atoms with Gasteiger partial charge in [0.15, 0.2) is 16.1 Å². The summed E-state index contributed by atoms with van der Waals surface area (Å²) in [6, 6.07) is -27.0. The van der Waals surface area contributed by atoms with Gasteiger partial charge in [-0.25, -0.2) is 4.98 Å². The van der Waals surface area contributed by atoms with Gasteiger partial charge in [-0.15, -0.1) is 29.7 Å². The summed E-state index contributed by atoms with van der Waals surface area (Å²) in [6.07, 6.45) is 4.27. The summed E-state index contributed by atoms with van der Waals surface area (Å²) in [7, 11) is -13.9. The number of hydrogen-bond acceptors (Lipinski definition) is 2. The second-order valence-electron chi connectivity index (χ2n) is 23.9. The summed E-state index contributed by atoms with van der Waals surface area (Å²) in [4.78, 5) is 4.67. The molecule has 0 saturated carbocycles. The Bertz CT molecular complexity index is 8300. The van der Waals surface area contributed by atoms with Crippen LogP contribution in [0.4, 0.5) is 0 Å². The summed E-state index contributed by atoms with van der Waals surface area (Å²) >= 11 is 0. The standard InChI is InChI=1S/C95H72N4OSi2.Pt/c1-68-59-93(96-66-87(68)70-35-15-6-16-36-70)99-88-54-30-29-53-84(88)85-57-56-76(65-90(85)99)100-75-39-32-38-74(64-75)97-67-98(89-58-55-71(61-91(89)97)69-33-13-5-14-34-69)94-86(72-37-31-52-83(60-72)101(77-40-17-7-18-41-77,78-42-19-8-20-43-78)79-44-21-9-22-45-79)62-73(95(2,3)4)63-92(94)102(80-46-23-10-24-47-80,81-48-25-11-26-49-81)82-50-27-12-28-51-82;/h5-63,66H,1-4H3;/q-2;/i1D3,5D,6D,7D,8D,9D,10D,11D,12D,13D,14D,15D,16D,17D,18D,19D,20D,21D,22D,23D,24D,25D,26D,27D,28D,31D,33D,34D,35D,36D,37D,40D,41D,42D,43D,44D,45D,46D,47D,48D,49D,50D,51D,52D,60D;. The zero-order valence-corrected chi connectivity index (χ0v) is 58.0. The molecule has 0 fully saturated rings. The third-order valence-corrected chi connectivity index (χ3v) is 25.4. The smallest absolute Gasteiger partial charge is 0.268 e. The van der Waals surface area contributed by atoms with Gasteiger partial charge in [-0.05, 0) is 122 Å². The number of para-hydroxylation sites is 1. The van der Waals surface area contributed by atoms with Crippen LogP contribution in [0.1, 0.15) is 96.3 Å². The van der Waals surface area contributed by atoms with Crippen LogP contribution in [0, 0.1) is 25.3 Å². The van der Waals surface area contributed by atoms with Gasteiger partial charge >= 0.3 is 0 Å². The molecule has 8 heteroatoms. The van der Waals surface area contributed by atoms with E-state index in [1.807, 2.05) is 0 Å². The summed E-state index contributed by atoms with van der Waals surface area (Å²) in [5.41, 5.74) is -7.70. The maximum absolute atomic E-state index is 11.6. The number of rotatable bonds is 16. The van der Waals surface area contributed by atoms with Crippen LogP contribution in [0.2, 0.25) is 0 Å². The Balaban J connectivity index is 0.0000160. The number of fused-ring (bicyclic) bond motifs is 4. The number of benzene rings is 14. The minimum atomic E-state index is -6.98. The monoisotopic (exact) mass is 1580 g/mol. The zero-order valence-electron chi connectivity index (χ0n) is 101. The molecule has 0 bridgehead atoms. The molecule has 0 aliphatic carbocycles. The summed E-state index contributed by atoms with van der Waals surface area (Å²) in [5, 5.41) is -8.99. The quantitative estimate of drug-likeness (QED) is 0.0418. The fourth-order valence-electron chi connectivity index (χ4n) is 12.7. The number of ether oxygens (including phenoxy) is 1. The molecular formula is C95H72N4OPtSi2-2. The van der Waals surface area contributed by atoms with Crippen LogP contribution in [0.3, 0.4) is 0 Å². The van der Waals surface area contributed by atoms with E-state index in [0.717, 1.165) is 33.5 Å². The van der Waals surface area contributed by atoms with Crippen molar-refractivity contribution in [1.82, 2.24) is 14.1 Å². The average molecular weight is 1580 g/mol. The molecule has 0 spiro atoms. The third kappa shape index (κ3) is 11.8. The van der Waals surface area contributed by atoms with Gasteiger partial charge in [0.05, 0.1) is 77.0 Å². The van der Waals surface area contributed by atoms with E-state index in [-0.39, 0.29) is 71.8 Å².